The van der Waals surface area contributed by atoms with E-state index in [1.807, 2.05) is 0 Å². The lowest BCUT2D eigenvalue weighted by Gasteiger charge is -2.12. The van der Waals surface area contributed by atoms with Gasteiger partial charge >= 0.3 is 0 Å². The Morgan fingerprint density at radius 3 is 2.63 bits per heavy atom. The van der Waals surface area contributed by atoms with Gasteiger partial charge in [-0.15, -0.1) is 11.6 Å². The van der Waals surface area contributed by atoms with Crippen LogP contribution in [-0.4, -0.2) is 0 Å². The third kappa shape index (κ3) is 2.54. The lowest BCUT2D eigenvalue weighted by Crippen LogP contribution is -1.97. The smallest absolute Gasteiger partial charge is 0.0636 e. The van der Waals surface area contributed by atoms with Gasteiger partial charge in [-0.2, -0.15) is 11.3 Å². The summed E-state index contributed by atoms with van der Waals surface area (Å²) in [5.74, 6) is 0. The Labute approximate surface area is 122 Å². The van der Waals surface area contributed by atoms with Gasteiger partial charge in [0.05, 0.1) is 5.38 Å². The van der Waals surface area contributed by atoms with Crippen LogP contribution in [0, 0.1) is 6.92 Å². The normalized spacial score (nSPS) is 12.7. The van der Waals surface area contributed by atoms with Crippen molar-refractivity contribution < 1.29 is 0 Å². The molecule has 2 heteroatoms. The van der Waals surface area contributed by atoms with Crippen molar-refractivity contribution in [2.24, 2.45) is 0 Å². The first-order chi connectivity index (χ1) is 9.25. The van der Waals surface area contributed by atoms with Crippen molar-refractivity contribution in [1.29, 1.82) is 0 Å². The van der Waals surface area contributed by atoms with Gasteiger partial charge in [-0.25, -0.2) is 0 Å². The molecule has 19 heavy (non-hydrogen) atoms. The predicted molar refractivity (Wildman–Crippen MR) is 85.3 cm³/mol. The number of thiophene rings is 1. The number of hydrogen-bond donors (Lipinski definition) is 0. The minimum atomic E-state index is 0.0528. The number of alkyl halides is 1. The van der Waals surface area contributed by atoms with E-state index in [9.17, 15) is 0 Å². The first-order valence-corrected chi connectivity index (χ1v) is 7.77. The molecule has 0 saturated carbocycles. The second-order valence-corrected chi connectivity index (χ2v) is 6.09. The van der Waals surface area contributed by atoms with Gasteiger partial charge in [0.25, 0.3) is 0 Å². The molecule has 2 aromatic carbocycles. The van der Waals surface area contributed by atoms with Crippen molar-refractivity contribution in [2.75, 3.05) is 0 Å². The summed E-state index contributed by atoms with van der Waals surface area (Å²) in [7, 11) is 0. The lowest BCUT2D eigenvalue weighted by molar-refractivity contribution is 0.924. The topological polar surface area (TPSA) is 0 Å². The van der Waals surface area contributed by atoms with E-state index in [1.165, 1.54) is 27.5 Å². The third-order valence-electron chi connectivity index (χ3n) is 3.51. The summed E-state index contributed by atoms with van der Waals surface area (Å²) in [5, 5.41) is 6.97. The number of benzene rings is 2. The van der Waals surface area contributed by atoms with E-state index in [0.29, 0.717) is 0 Å². The molecule has 0 aliphatic rings. The molecule has 0 aliphatic heterocycles. The molecule has 0 amide bonds. The van der Waals surface area contributed by atoms with Gasteiger partial charge in [0.2, 0.25) is 0 Å². The maximum absolute atomic E-state index is 6.59. The van der Waals surface area contributed by atoms with Crippen LogP contribution in [0.5, 0.6) is 0 Å². The predicted octanol–water partition coefficient (Wildman–Crippen LogP) is 5.73. The summed E-state index contributed by atoms with van der Waals surface area (Å²) in [4.78, 5) is 0. The SMILES string of the molecule is Cc1cscc1C(Cl)Cc1cccc2ccccc12. The van der Waals surface area contributed by atoms with Crippen molar-refractivity contribution >= 4 is 33.7 Å². The molecule has 0 spiro atoms. The van der Waals surface area contributed by atoms with Crippen LogP contribution in [0.4, 0.5) is 0 Å². The monoisotopic (exact) mass is 286 g/mol. The summed E-state index contributed by atoms with van der Waals surface area (Å²) in [5.41, 5.74) is 3.88. The Kier molecular flexibility index (Phi) is 3.58. The molecule has 3 rings (SSSR count). The van der Waals surface area contributed by atoms with Crippen LogP contribution in [-0.2, 0) is 6.42 Å². The number of aryl methyl sites for hydroxylation is 1. The first kappa shape index (κ1) is 12.7. The second-order valence-electron chi connectivity index (χ2n) is 4.82. The summed E-state index contributed by atoms with van der Waals surface area (Å²) < 4.78 is 0. The van der Waals surface area contributed by atoms with Crippen molar-refractivity contribution in [2.45, 2.75) is 18.7 Å². The molecule has 0 nitrogen and oxygen atoms in total. The Balaban J connectivity index is 1.96. The number of rotatable bonds is 3. The van der Waals surface area contributed by atoms with Crippen LogP contribution < -0.4 is 0 Å². The lowest BCUT2D eigenvalue weighted by atomic mass is 9.98. The number of hydrogen-bond acceptors (Lipinski definition) is 1. The molecule has 96 valence electrons. The zero-order valence-electron chi connectivity index (χ0n) is 10.8. The van der Waals surface area contributed by atoms with E-state index in [2.05, 4.69) is 60.1 Å². The summed E-state index contributed by atoms with van der Waals surface area (Å²) in [6.07, 6.45) is 0.875. The zero-order chi connectivity index (χ0) is 13.2. The fraction of sp³-hybridized carbons (Fsp3) is 0.176. The molecule has 0 radical (unpaired) electrons. The van der Waals surface area contributed by atoms with Gasteiger partial charge in [-0.3, -0.25) is 0 Å². The van der Waals surface area contributed by atoms with E-state index >= 15 is 0 Å². The van der Waals surface area contributed by atoms with Gasteiger partial charge in [-0.05, 0) is 51.6 Å². The first-order valence-electron chi connectivity index (χ1n) is 6.39. The number of halogens is 1. The van der Waals surface area contributed by atoms with E-state index in [0.717, 1.165) is 6.42 Å². The molecule has 0 bridgehead atoms. The highest BCUT2D eigenvalue weighted by Crippen LogP contribution is 2.32. The number of fused-ring (bicyclic) bond motifs is 1. The molecule has 1 unspecified atom stereocenters. The van der Waals surface area contributed by atoms with E-state index in [4.69, 9.17) is 11.6 Å². The molecule has 3 aromatic rings. The van der Waals surface area contributed by atoms with Crippen LogP contribution in [0.3, 0.4) is 0 Å². The highest BCUT2D eigenvalue weighted by atomic mass is 35.5. The Hall–Kier alpha value is -1.31. The molecule has 1 aromatic heterocycles. The fourth-order valence-corrected chi connectivity index (χ4v) is 3.85. The minimum absolute atomic E-state index is 0.0528. The van der Waals surface area contributed by atoms with E-state index in [-0.39, 0.29) is 5.38 Å². The van der Waals surface area contributed by atoms with E-state index in [1.54, 1.807) is 11.3 Å². The molecule has 1 atom stereocenters. The summed E-state index contributed by atoms with van der Waals surface area (Å²) >= 11 is 8.32. The maximum atomic E-state index is 6.59. The van der Waals surface area contributed by atoms with Crippen LogP contribution in [0.15, 0.2) is 53.2 Å². The van der Waals surface area contributed by atoms with Crippen LogP contribution >= 0.6 is 22.9 Å². The van der Waals surface area contributed by atoms with E-state index < -0.39 is 0 Å². The standard InChI is InChI=1S/C17H15ClS/c1-12-10-19-11-16(12)17(18)9-14-7-4-6-13-5-2-3-8-15(13)14/h2-8,10-11,17H,9H2,1H3. The molecule has 0 N–H and O–H groups in total. The Bertz CT molecular complexity index is 694. The summed E-state index contributed by atoms with van der Waals surface area (Å²) in [6.45, 7) is 2.13. The van der Waals surface area contributed by atoms with Gasteiger partial charge in [0.15, 0.2) is 0 Å². The quantitative estimate of drug-likeness (QED) is 0.539. The molecule has 0 fully saturated rings. The average molecular weight is 287 g/mol. The van der Waals surface area contributed by atoms with Crippen molar-refractivity contribution in [3.8, 4) is 0 Å². The molecule has 0 saturated heterocycles. The Morgan fingerprint density at radius 1 is 1.05 bits per heavy atom. The van der Waals surface area contributed by atoms with Gasteiger partial charge in [-0.1, -0.05) is 42.5 Å². The second kappa shape index (κ2) is 5.36. The van der Waals surface area contributed by atoms with Gasteiger partial charge in [0, 0.05) is 0 Å². The Morgan fingerprint density at radius 2 is 1.84 bits per heavy atom. The molecular weight excluding hydrogens is 272 g/mol. The van der Waals surface area contributed by atoms with Crippen molar-refractivity contribution in [1.82, 2.24) is 0 Å². The third-order valence-corrected chi connectivity index (χ3v) is 4.78. The highest BCUT2D eigenvalue weighted by Gasteiger charge is 2.13. The fourth-order valence-electron chi connectivity index (χ4n) is 2.46. The molecule has 1 heterocycles. The van der Waals surface area contributed by atoms with Crippen LogP contribution in [0.25, 0.3) is 10.8 Å². The van der Waals surface area contributed by atoms with Gasteiger partial charge < -0.3 is 0 Å². The highest BCUT2D eigenvalue weighted by molar-refractivity contribution is 7.08. The average Bonchev–Trinajstić information content (AvgIpc) is 2.85. The maximum Gasteiger partial charge on any atom is 0.0636 e. The largest absolute Gasteiger partial charge is 0.152 e. The van der Waals surface area contributed by atoms with Gasteiger partial charge in [0.1, 0.15) is 0 Å². The summed E-state index contributed by atoms with van der Waals surface area (Å²) in [6, 6.07) is 14.9. The minimum Gasteiger partial charge on any atom is -0.152 e. The zero-order valence-corrected chi connectivity index (χ0v) is 12.3. The van der Waals surface area contributed by atoms with Crippen LogP contribution in [0.2, 0.25) is 0 Å². The molecule has 0 aliphatic carbocycles. The van der Waals surface area contributed by atoms with Crippen molar-refractivity contribution in [3.05, 3.63) is 69.9 Å². The molecular formula is C17H15ClS. The van der Waals surface area contributed by atoms with Crippen molar-refractivity contribution in [3.63, 3.8) is 0 Å². The van der Waals surface area contributed by atoms with Crippen LogP contribution in [0.1, 0.15) is 22.1 Å².